The van der Waals surface area contributed by atoms with Gasteiger partial charge in [0.1, 0.15) is 0 Å². The van der Waals surface area contributed by atoms with Crippen molar-refractivity contribution in [2.75, 3.05) is 13.1 Å². The highest BCUT2D eigenvalue weighted by molar-refractivity contribution is 7.89. The number of hydrogen-bond acceptors (Lipinski definition) is 4. The fraction of sp³-hybridized carbons (Fsp3) is 0.385. The molecule has 0 atom stereocenters. The first kappa shape index (κ1) is 14.0. The van der Waals surface area contributed by atoms with Crippen LogP contribution in [0.4, 0.5) is 0 Å². The van der Waals surface area contributed by atoms with Crippen molar-refractivity contribution in [1.29, 1.82) is 0 Å². The van der Waals surface area contributed by atoms with Gasteiger partial charge in [0.15, 0.2) is 0 Å². The van der Waals surface area contributed by atoms with Gasteiger partial charge in [0.05, 0.1) is 22.3 Å². The predicted octanol–water partition coefficient (Wildman–Crippen LogP) is 0.449. The maximum atomic E-state index is 12.6. The van der Waals surface area contributed by atoms with Crippen LogP contribution in [0.3, 0.4) is 0 Å². The number of hydrogen-bond donors (Lipinski definition) is 2. The molecule has 1 saturated heterocycles. The predicted molar refractivity (Wildman–Crippen MR) is 76.8 cm³/mol. The van der Waals surface area contributed by atoms with Gasteiger partial charge in [-0.05, 0) is 31.0 Å². The lowest BCUT2D eigenvalue weighted by atomic mass is 9.98. The third-order valence-electron chi connectivity index (χ3n) is 3.89. The summed E-state index contributed by atoms with van der Waals surface area (Å²) in [6, 6.07) is 4.81. The van der Waals surface area contributed by atoms with Crippen LogP contribution in [-0.2, 0) is 14.8 Å². The molecule has 0 spiro atoms. The van der Waals surface area contributed by atoms with E-state index in [-0.39, 0.29) is 16.7 Å². The summed E-state index contributed by atoms with van der Waals surface area (Å²) in [5.41, 5.74) is 6.67. The second kappa shape index (κ2) is 5.12. The number of aromatic nitrogens is 2. The van der Waals surface area contributed by atoms with E-state index >= 15 is 0 Å². The Bertz CT molecular complexity index is 776. The number of rotatable bonds is 3. The molecule has 8 heteroatoms. The zero-order valence-electron chi connectivity index (χ0n) is 11.3. The highest BCUT2D eigenvalue weighted by atomic mass is 32.2. The number of nitrogens with one attached hydrogen (secondary N) is 1. The largest absolute Gasteiger partial charge is 0.369 e. The van der Waals surface area contributed by atoms with Crippen molar-refractivity contribution in [3.8, 4) is 0 Å². The van der Waals surface area contributed by atoms with Crippen LogP contribution < -0.4 is 5.73 Å². The highest BCUT2D eigenvalue weighted by Crippen LogP contribution is 2.25. The smallest absolute Gasteiger partial charge is 0.243 e. The number of carbonyl (C=O) groups is 1. The van der Waals surface area contributed by atoms with Gasteiger partial charge in [0.2, 0.25) is 15.9 Å². The minimum absolute atomic E-state index is 0.230. The van der Waals surface area contributed by atoms with Crippen molar-refractivity contribution < 1.29 is 13.2 Å². The Kier molecular flexibility index (Phi) is 3.42. The summed E-state index contributed by atoms with van der Waals surface area (Å²) in [7, 11) is -3.55. The molecular formula is C13H16N4O3S. The van der Waals surface area contributed by atoms with Crippen LogP contribution in [0.15, 0.2) is 29.4 Å². The molecule has 1 aromatic heterocycles. The van der Waals surface area contributed by atoms with E-state index in [2.05, 4.69) is 9.97 Å². The SMILES string of the molecule is NC(=O)C1CCN(S(=O)(=O)c2ccc3nc[nH]c3c2)CC1. The Morgan fingerprint density at radius 2 is 2.05 bits per heavy atom. The van der Waals surface area contributed by atoms with Gasteiger partial charge in [-0.3, -0.25) is 4.79 Å². The second-order valence-corrected chi connectivity index (χ2v) is 7.10. The fourth-order valence-corrected chi connectivity index (χ4v) is 4.10. The summed E-state index contributed by atoms with van der Waals surface area (Å²) < 4.78 is 26.6. The van der Waals surface area contributed by atoms with Gasteiger partial charge in [-0.25, -0.2) is 13.4 Å². The minimum Gasteiger partial charge on any atom is -0.369 e. The molecular weight excluding hydrogens is 292 g/mol. The first-order chi connectivity index (χ1) is 9.98. The molecule has 0 saturated carbocycles. The third kappa shape index (κ3) is 2.52. The molecule has 0 radical (unpaired) electrons. The van der Waals surface area contributed by atoms with Gasteiger partial charge in [-0.2, -0.15) is 4.31 Å². The number of fused-ring (bicyclic) bond motifs is 1. The van der Waals surface area contributed by atoms with Crippen molar-refractivity contribution >= 4 is 27.0 Å². The Hall–Kier alpha value is -1.93. The highest BCUT2D eigenvalue weighted by Gasteiger charge is 2.31. The summed E-state index contributed by atoms with van der Waals surface area (Å²) >= 11 is 0. The van der Waals surface area contributed by atoms with E-state index in [4.69, 9.17) is 5.73 Å². The molecule has 112 valence electrons. The summed E-state index contributed by atoms with van der Waals surface area (Å²) in [5, 5.41) is 0. The number of piperidine rings is 1. The molecule has 0 aliphatic carbocycles. The van der Waals surface area contributed by atoms with Gasteiger partial charge in [0.25, 0.3) is 0 Å². The number of benzene rings is 1. The van der Waals surface area contributed by atoms with E-state index < -0.39 is 10.0 Å². The molecule has 3 rings (SSSR count). The molecule has 1 aliphatic rings. The van der Waals surface area contributed by atoms with Crippen LogP contribution in [-0.4, -0.2) is 41.7 Å². The maximum Gasteiger partial charge on any atom is 0.243 e. The lowest BCUT2D eigenvalue weighted by molar-refractivity contribution is -0.122. The van der Waals surface area contributed by atoms with E-state index in [1.807, 2.05) is 0 Å². The monoisotopic (exact) mass is 308 g/mol. The summed E-state index contributed by atoms with van der Waals surface area (Å²) in [6.45, 7) is 0.633. The molecule has 2 aromatic rings. The zero-order valence-corrected chi connectivity index (χ0v) is 12.1. The molecule has 3 N–H and O–H groups in total. The molecule has 1 aliphatic heterocycles. The van der Waals surface area contributed by atoms with Gasteiger partial charge < -0.3 is 10.7 Å². The fourth-order valence-electron chi connectivity index (χ4n) is 2.60. The molecule has 21 heavy (non-hydrogen) atoms. The van der Waals surface area contributed by atoms with E-state index in [9.17, 15) is 13.2 Å². The average Bonchev–Trinajstić information content (AvgIpc) is 2.94. The molecule has 1 fully saturated rings. The number of aromatic amines is 1. The third-order valence-corrected chi connectivity index (χ3v) is 5.78. The number of carbonyl (C=O) groups excluding carboxylic acids is 1. The Morgan fingerprint density at radius 3 is 2.71 bits per heavy atom. The zero-order chi connectivity index (χ0) is 15.0. The molecule has 0 bridgehead atoms. The maximum absolute atomic E-state index is 12.6. The number of nitrogens with zero attached hydrogens (tertiary/aromatic N) is 2. The van der Waals surface area contributed by atoms with Gasteiger partial charge >= 0.3 is 0 Å². The lowest BCUT2D eigenvalue weighted by Crippen LogP contribution is -2.41. The van der Waals surface area contributed by atoms with Gasteiger partial charge in [-0.15, -0.1) is 0 Å². The van der Waals surface area contributed by atoms with Crippen LogP contribution in [0.2, 0.25) is 0 Å². The van der Waals surface area contributed by atoms with Crippen molar-refractivity contribution in [3.63, 3.8) is 0 Å². The average molecular weight is 308 g/mol. The first-order valence-electron chi connectivity index (χ1n) is 6.71. The number of nitrogens with two attached hydrogens (primary N) is 1. The molecule has 7 nitrogen and oxygen atoms in total. The Balaban J connectivity index is 1.85. The van der Waals surface area contributed by atoms with Crippen LogP contribution in [0, 0.1) is 5.92 Å². The topological polar surface area (TPSA) is 109 Å². The van der Waals surface area contributed by atoms with Crippen molar-refractivity contribution in [2.24, 2.45) is 11.7 Å². The standard InChI is InChI=1S/C13H16N4O3S/c14-13(18)9-3-5-17(6-4-9)21(19,20)10-1-2-11-12(7-10)16-8-15-11/h1-2,7-9H,3-6H2,(H2,14,18)(H,15,16). The van der Waals surface area contributed by atoms with Crippen molar-refractivity contribution in [1.82, 2.24) is 14.3 Å². The van der Waals surface area contributed by atoms with E-state index in [0.717, 1.165) is 5.52 Å². The number of imidazole rings is 1. The minimum atomic E-state index is -3.55. The molecule has 0 unspecified atom stereocenters. The quantitative estimate of drug-likeness (QED) is 0.857. The summed E-state index contributed by atoms with van der Waals surface area (Å²) in [6.07, 6.45) is 2.47. The summed E-state index contributed by atoms with van der Waals surface area (Å²) in [4.78, 5) is 18.3. The number of amides is 1. The molecule has 2 heterocycles. The number of primary amides is 1. The van der Waals surface area contributed by atoms with Crippen molar-refractivity contribution in [3.05, 3.63) is 24.5 Å². The Labute approximate surface area is 122 Å². The number of H-pyrrole nitrogens is 1. The van der Waals surface area contributed by atoms with Crippen molar-refractivity contribution in [2.45, 2.75) is 17.7 Å². The first-order valence-corrected chi connectivity index (χ1v) is 8.15. The van der Waals surface area contributed by atoms with Crippen LogP contribution in [0.5, 0.6) is 0 Å². The molecule has 1 aromatic carbocycles. The lowest BCUT2D eigenvalue weighted by Gasteiger charge is -2.29. The van der Waals surface area contributed by atoms with Crippen LogP contribution in [0.1, 0.15) is 12.8 Å². The van der Waals surface area contributed by atoms with Gasteiger partial charge in [-0.1, -0.05) is 0 Å². The van der Waals surface area contributed by atoms with Crippen LogP contribution >= 0.6 is 0 Å². The van der Waals surface area contributed by atoms with E-state index in [1.165, 1.54) is 10.6 Å². The Morgan fingerprint density at radius 1 is 1.33 bits per heavy atom. The van der Waals surface area contributed by atoms with Gasteiger partial charge in [0, 0.05) is 19.0 Å². The summed E-state index contributed by atoms with van der Waals surface area (Å²) in [5.74, 6) is -0.586. The van der Waals surface area contributed by atoms with E-state index in [1.54, 1.807) is 18.2 Å². The second-order valence-electron chi connectivity index (χ2n) is 5.16. The normalized spacial score (nSPS) is 18.1. The number of sulfonamides is 1. The molecule has 1 amide bonds. The van der Waals surface area contributed by atoms with Crippen LogP contribution in [0.25, 0.3) is 11.0 Å². The van der Waals surface area contributed by atoms with E-state index in [0.29, 0.717) is 31.4 Å².